The number of carbonyl (C=O) groups is 1. The number of nitrogens with zero attached hydrogens (tertiary/aromatic N) is 4. The van der Waals surface area contributed by atoms with Crippen molar-refractivity contribution in [3.8, 4) is 11.9 Å². The van der Waals surface area contributed by atoms with Crippen LogP contribution in [0.3, 0.4) is 0 Å². The quantitative estimate of drug-likeness (QED) is 0.882. The number of nitrogens with one attached hydrogen (secondary N) is 1. The Morgan fingerprint density at radius 3 is 3.15 bits per heavy atom. The molecule has 0 aliphatic carbocycles. The van der Waals surface area contributed by atoms with Gasteiger partial charge >= 0.3 is 6.03 Å². The highest BCUT2D eigenvalue weighted by atomic mass is 16.5. The van der Waals surface area contributed by atoms with E-state index in [1.54, 1.807) is 4.90 Å². The van der Waals surface area contributed by atoms with Crippen LogP contribution in [0.1, 0.15) is 25.5 Å². The van der Waals surface area contributed by atoms with Crippen LogP contribution >= 0.6 is 0 Å². The predicted octanol–water partition coefficient (Wildman–Crippen LogP) is 0.921. The van der Waals surface area contributed by atoms with Crippen molar-refractivity contribution in [1.82, 2.24) is 20.2 Å². The van der Waals surface area contributed by atoms with Gasteiger partial charge in [0.25, 0.3) is 5.88 Å². The lowest BCUT2D eigenvalue weighted by atomic mass is 10.3. The zero-order valence-corrected chi connectivity index (χ0v) is 11.4. The predicted molar refractivity (Wildman–Crippen MR) is 71.0 cm³/mol. The summed E-state index contributed by atoms with van der Waals surface area (Å²) in [7, 11) is 0. The molecule has 2 heterocycles. The first-order chi connectivity index (χ1) is 9.74. The first-order valence-corrected chi connectivity index (χ1v) is 6.65. The summed E-state index contributed by atoms with van der Waals surface area (Å²) in [5.41, 5.74) is 0.168. The molecule has 0 radical (unpaired) electrons. The van der Waals surface area contributed by atoms with Crippen LogP contribution in [0.2, 0.25) is 0 Å². The number of nitriles is 1. The number of carbonyl (C=O) groups excluding carboxylic acids is 1. The molecule has 0 bridgehead atoms. The lowest BCUT2D eigenvalue weighted by Crippen LogP contribution is -2.39. The van der Waals surface area contributed by atoms with Gasteiger partial charge in [-0.05, 0) is 6.42 Å². The Morgan fingerprint density at radius 1 is 1.60 bits per heavy atom. The van der Waals surface area contributed by atoms with Crippen molar-refractivity contribution in [3.63, 3.8) is 0 Å². The molecule has 1 fully saturated rings. The standard InChI is InChI=1S/C13H17N5O2/c1-2-4-17-13(19)18-7-3-10(9-18)20-12-11(8-14)15-5-6-16-12/h5-6,10H,2-4,7,9H2,1H3,(H,17,19). The number of hydrogen-bond acceptors (Lipinski definition) is 5. The van der Waals surface area contributed by atoms with Gasteiger partial charge < -0.3 is 15.0 Å². The minimum atomic E-state index is -0.147. The average Bonchev–Trinajstić information content (AvgIpc) is 2.94. The van der Waals surface area contributed by atoms with Gasteiger partial charge in [0.1, 0.15) is 12.2 Å². The van der Waals surface area contributed by atoms with Crippen molar-refractivity contribution in [1.29, 1.82) is 5.26 Å². The Hall–Kier alpha value is -2.36. The van der Waals surface area contributed by atoms with Gasteiger partial charge in [-0.2, -0.15) is 5.26 Å². The third kappa shape index (κ3) is 3.35. The van der Waals surface area contributed by atoms with Gasteiger partial charge in [-0.15, -0.1) is 0 Å². The molecule has 0 spiro atoms. The minimum absolute atomic E-state index is 0.0717. The molecule has 1 unspecified atom stereocenters. The summed E-state index contributed by atoms with van der Waals surface area (Å²) in [6.45, 7) is 3.82. The van der Waals surface area contributed by atoms with Crippen molar-refractivity contribution < 1.29 is 9.53 Å². The maximum absolute atomic E-state index is 11.8. The number of aromatic nitrogens is 2. The number of rotatable bonds is 4. The lowest BCUT2D eigenvalue weighted by Gasteiger charge is -2.17. The summed E-state index contributed by atoms with van der Waals surface area (Å²) in [6, 6.07) is 1.87. The van der Waals surface area contributed by atoms with Crippen molar-refractivity contribution in [3.05, 3.63) is 18.1 Å². The van der Waals surface area contributed by atoms with E-state index in [-0.39, 0.29) is 23.7 Å². The molecule has 2 rings (SSSR count). The van der Waals surface area contributed by atoms with Gasteiger partial charge in [-0.25, -0.2) is 14.8 Å². The van der Waals surface area contributed by atoms with E-state index in [9.17, 15) is 4.79 Å². The van der Waals surface area contributed by atoms with E-state index in [0.717, 1.165) is 12.8 Å². The summed E-state index contributed by atoms with van der Waals surface area (Å²) in [5.74, 6) is 0.232. The normalized spacial score (nSPS) is 17.6. The van der Waals surface area contributed by atoms with Crippen molar-refractivity contribution in [2.45, 2.75) is 25.9 Å². The van der Waals surface area contributed by atoms with Gasteiger partial charge in [0.15, 0.2) is 0 Å². The molecule has 1 saturated heterocycles. The monoisotopic (exact) mass is 275 g/mol. The highest BCUT2D eigenvalue weighted by Gasteiger charge is 2.28. The van der Waals surface area contributed by atoms with Crippen LogP contribution in [0.15, 0.2) is 12.4 Å². The van der Waals surface area contributed by atoms with E-state index < -0.39 is 0 Å². The van der Waals surface area contributed by atoms with E-state index in [1.165, 1.54) is 12.4 Å². The molecule has 106 valence electrons. The molecule has 7 nitrogen and oxygen atoms in total. The van der Waals surface area contributed by atoms with Crippen LogP contribution in [-0.4, -0.2) is 46.6 Å². The number of amides is 2. The van der Waals surface area contributed by atoms with E-state index in [4.69, 9.17) is 10.00 Å². The van der Waals surface area contributed by atoms with Gasteiger partial charge in [0, 0.05) is 31.9 Å². The zero-order valence-electron chi connectivity index (χ0n) is 11.4. The van der Waals surface area contributed by atoms with Crippen molar-refractivity contribution in [2.75, 3.05) is 19.6 Å². The molecule has 20 heavy (non-hydrogen) atoms. The molecular formula is C13H17N5O2. The van der Waals surface area contributed by atoms with Gasteiger partial charge in [0.2, 0.25) is 5.69 Å². The molecule has 2 amide bonds. The minimum Gasteiger partial charge on any atom is -0.470 e. The van der Waals surface area contributed by atoms with E-state index >= 15 is 0 Å². The van der Waals surface area contributed by atoms with E-state index in [1.807, 2.05) is 13.0 Å². The zero-order chi connectivity index (χ0) is 14.4. The first-order valence-electron chi connectivity index (χ1n) is 6.65. The Kier molecular flexibility index (Phi) is 4.71. The molecular weight excluding hydrogens is 258 g/mol. The fourth-order valence-corrected chi connectivity index (χ4v) is 2.00. The highest BCUT2D eigenvalue weighted by Crippen LogP contribution is 2.18. The first kappa shape index (κ1) is 14.1. The summed E-state index contributed by atoms with van der Waals surface area (Å²) >= 11 is 0. The van der Waals surface area contributed by atoms with Gasteiger partial charge in [0.05, 0.1) is 6.54 Å². The van der Waals surface area contributed by atoms with Gasteiger partial charge in [-0.1, -0.05) is 6.92 Å². The second-order valence-electron chi connectivity index (χ2n) is 4.53. The van der Waals surface area contributed by atoms with Crippen LogP contribution in [0.5, 0.6) is 5.88 Å². The van der Waals surface area contributed by atoms with Gasteiger partial charge in [-0.3, -0.25) is 0 Å². The second-order valence-corrected chi connectivity index (χ2v) is 4.53. The smallest absolute Gasteiger partial charge is 0.317 e. The van der Waals surface area contributed by atoms with E-state index in [2.05, 4.69) is 15.3 Å². The summed E-state index contributed by atoms with van der Waals surface area (Å²) in [4.78, 5) is 21.4. The third-order valence-electron chi connectivity index (χ3n) is 3.01. The molecule has 0 aromatic carbocycles. The SMILES string of the molecule is CCCNC(=O)N1CCC(Oc2nccnc2C#N)C1. The summed E-state index contributed by atoms with van der Waals surface area (Å²) in [6.07, 6.45) is 4.42. The average molecular weight is 275 g/mol. The summed E-state index contributed by atoms with van der Waals surface area (Å²) in [5, 5.41) is 11.8. The maximum Gasteiger partial charge on any atom is 0.317 e. The van der Waals surface area contributed by atoms with Crippen LogP contribution in [0.4, 0.5) is 4.79 Å². The molecule has 1 aliphatic rings. The number of hydrogen-bond donors (Lipinski definition) is 1. The fraction of sp³-hybridized carbons (Fsp3) is 0.538. The Labute approximate surface area is 117 Å². The topological polar surface area (TPSA) is 91.1 Å². The van der Waals surface area contributed by atoms with Crippen LogP contribution in [-0.2, 0) is 0 Å². The summed E-state index contributed by atoms with van der Waals surface area (Å²) < 4.78 is 5.66. The number of ether oxygens (including phenoxy) is 1. The van der Waals surface area contributed by atoms with Crippen molar-refractivity contribution in [2.24, 2.45) is 0 Å². The number of urea groups is 1. The molecule has 7 heteroatoms. The fourth-order valence-electron chi connectivity index (χ4n) is 2.00. The van der Waals surface area contributed by atoms with Crippen molar-refractivity contribution >= 4 is 6.03 Å². The molecule has 1 N–H and O–H groups in total. The highest BCUT2D eigenvalue weighted by molar-refractivity contribution is 5.74. The van der Waals surface area contributed by atoms with Crippen LogP contribution < -0.4 is 10.1 Å². The maximum atomic E-state index is 11.8. The molecule has 1 atom stereocenters. The number of likely N-dealkylation sites (tertiary alicyclic amines) is 1. The molecule has 1 aromatic heterocycles. The largest absolute Gasteiger partial charge is 0.470 e. The Balaban J connectivity index is 1.90. The molecule has 1 aliphatic heterocycles. The van der Waals surface area contributed by atoms with Crippen LogP contribution in [0, 0.1) is 11.3 Å². The second kappa shape index (κ2) is 6.70. The Bertz CT molecular complexity index is 514. The van der Waals surface area contributed by atoms with Crippen LogP contribution in [0.25, 0.3) is 0 Å². The Morgan fingerprint density at radius 2 is 2.40 bits per heavy atom. The molecule has 1 aromatic rings. The molecule has 0 saturated carbocycles. The lowest BCUT2D eigenvalue weighted by molar-refractivity contribution is 0.182. The third-order valence-corrected chi connectivity index (χ3v) is 3.01. The van der Waals surface area contributed by atoms with E-state index in [0.29, 0.717) is 19.6 Å².